The Bertz CT molecular complexity index is 833. The molecule has 150 valence electrons. The largest absolute Gasteiger partial charge is 0.478 e. The van der Waals surface area contributed by atoms with Crippen molar-refractivity contribution >= 4 is 16.9 Å². The highest BCUT2D eigenvalue weighted by molar-refractivity contribution is 5.86. The van der Waals surface area contributed by atoms with Crippen LogP contribution in [0.25, 0.3) is 10.9 Å². The first kappa shape index (κ1) is 21.5. The predicted octanol–water partition coefficient (Wildman–Crippen LogP) is 5.83. The minimum Gasteiger partial charge on any atom is -0.478 e. The van der Waals surface area contributed by atoms with E-state index in [-0.39, 0.29) is 0 Å². The molecule has 0 aliphatic rings. The molecule has 1 heterocycles. The zero-order valence-corrected chi connectivity index (χ0v) is 16.0. The monoisotopic (exact) mass is 389 g/mol. The van der Waals surface area contributed by atoms with Gasteiger partial charge in [0.2, 0.25) is 11.7 Å². The number of carbonyl (C=O) groups excluding carboxylic acids is 1. The average Bonchev–Trinajstić information content (AvgIpc) is 2.71. The minimum absolute atomic E-state index is 0.494. The quantitative estimate of drug-likeness (QED) is 0.210. The fourth-order valence-corrected chi connectivity index (χ4v) is 2.66. The number of hydrogen-bond acceptors (Lipinski definition) is 4. The zero-order valence-electron chi connectivity index (χ0n) is 16.0. The highest BCUT2D eigenvalue weighted by Gasteiger charge is 2.08. The SMILES string of the molecule is COC(=O)/C(F)=C/C(F)=C/CCCCCCCOc1ccc2ccccc2n1. The Kier molecular flexibility index (Phi) is 9.11. The highest BCUT2D eigenvalue weighted by Crippen LogP contribution is 2.16. The van der Waals surface area contributed by atoms with Gasteiger partial charge in [0.15, 0.2) is 0 Å². The number of allylic oxidation sites excluding steroid dienone is 3. The molecule has 0 unspecified atom stereocenters. The maximum Gasteiger partial charge on any atom is 0.367 e. The molecule has 0 fully saturated rings. The number of carbonyl (C=O) groups is 1. The van der Waals surface area contributed by atoms with Gasteiger partial charge in [0.1, 0.15) is 5.83 Å². The van der Waals surface area contributed by atoms with Gasteiger partial charge in [0, 0.05) is 17.5 Å². The van der Waals surface area contributed by atoms with Crippen LogP contribution >= 0.6 is 0 Å². The smallest absolute Gasteiger partial charge is 0.367 e. The summed E-state index contributed by atoms with van der Waals surface area (Å²) in [6.45, 7) is 0.609. The van der Waals surface area contributed by atoms with E-state index < -0.39 is 17.6 Å². The van der Waals surface area contributed by atoms with Crippen LogP contribution in [-0.2, 0) is 9.53 Å². The van der Waals surface area contributed by atoms with Crippen LogP contribution in [0.4, 0.5) is 8.78 Å². The van der Waals surface area contributed by atoms with Crippen LogP contribution < -0.4 is 4.74 Å². The number of unbranched alkanes of at least 4 members (excludes halogenated alkanes) is 5. The van der Waals surface area contributed by atoms with Gasteiger partial charge in [-0.25, -0.2) is 14.2 Å². The number of nitrogens with zero attached hydrogens (tertiary/aromatic N) is 1. The van der Waals surface area contributed by atoms with Gasteiger partial charge >= 0.3 is 5.97 Å². The van der Waals surface area contributed by atoms with Gasteiger partial charge in [-0.2, -0.15) is 4.39 Å². The molecule has 2 rings (SSSR count). The maximum absolute atomic E-state index is 13.4. The lowest BCUT2D eigenvalue weighted by atomic mass is 10.1. The van der Waals surface area contributed by atoms with Gasteiger partial charge in [-0.1, -0.05) is 37.5 Å². The molecule has 0 saturated carbocycles. The second kappa shape index (κ2) is 11.8. The first-order valence-corrected chi connectivity index (χ1v) is 9.40. The van der Waals surface area contributed by atoms with Crippen LogP contribution in [0.15, 0.2) is 60.2 Å². The van der Waals surface area contributed by atoms with Crippen LogP contribution in [0.1, 0.15) is 38.5 Å². The van der Waals surface area contributed by atoms with Gasteiger partial charge in [-0.3, -0.25) is 0 Å². The summed E-state index contributed by atoms with van der Waals surface area (Å²) in [5.74, 6) is -2.55. The number of hydrogen-bond donors (Lipinski definition) is 0. The Morgan fingerprint density at radius 1 is 1.04 bits per heavy atom. The van der Waals surface area contributed by atoms with Crippen molar-refractivity contribution in [3.63, 3.8) is 0 Å². The molecule has 0 bridgehead atoms. The van der Waals surface area contributed by atoms with Crippen molar-refractivity contribution in [1.29, 1.82) is 0 Å². The summed E-state index contributed by atoms with van der Waals surface area (Å²) in [7, 11) is 1.04. The zero-order chi connectivity index (χ0) is 20.2. The van der Waals surface area contributed by atoms with E-state index in [2.05, 4.69) is 9.72 Å². The van der Waals surface area contributed by atoms with Gasteiger partial charge in [0.05, 0.1) is 19.2 Å². The fourth-order valence-electron chi connectivity index (χ4n) is 2.66. The third-order valence-electron chi connectivity index (χ3n) is 4.16. The number of benzene rings is 1. The lowest BCUT2D eigenvalue weighted by Crippen LogP contribution is -2.00. The molecule has 0 spiro atoms. The van der Waals surface area contributed by atoms with E-state index in [1.165, 1.54) is 6.08 Å². The number of methoxy groups -OCH3 is 1. The van der Waals surface area contributed by atoms with E-state index in [0.29, 0.717) is 25.0 Å². The molecule has 28 heavy (non-hydrogen) atoms. The van der Waals surface area contributed by atoms with Crippen molar-refractivity contribution < 1.29 is 23.0 Å². The van der Waals surface area contributed by atoms with E-state index in [1.807, 2.05) is 36.4 Å². The number of para-hydroxylation sites is 1. The first-order chi connectivity index (χ1) is 13.6. The summed E-state index contributed by atoms with van der Waals surface area (Å²) in [5, 5.41) is 1.09. The molecule has 0 radical (unpaired) electrons. The van der Waals surface area contributed by atoms with Gasteiger partial charge in [0.25, 0.3) is 0 Å². The maximum atomic E-state index is 13.4. The molecule has 2 aromatic rings. The number of ether oxygens (including phenoxy) is 2. The Morgan fingerprint density at radius 2 is 1.79 bits per heavy atom. The lowest BCUT2D eigenvalue weighted by molar-refractivity contribution is -0.137. The first-order valence-electron chi connectivity index (χ1n) is 9.40. The van der Waals surface area contributed by atoms with Crippen LogP contribution in [0.3, 0.4) is 0 Å². The molecule has 4 nitrogen and oxygen atoms in total. The standard InChI is InChI=1S/C22H25F2NO3/c1-27-22(26)19(24)16-18(23)11-6-4-2-3-5-9-15-28-21-14-13-17-10-7-8-12-20(17)25-21/h7-8,10-14,16H,2-6,9,15H2,1H3/b18-11-,19-16-. The van der Waals surface area contributed by atoms with E-state index in [9.17, 15) is 13.6 Å². The molecule has 6 heteroatoms. The van der Waals surface area contributed by atoms with Gasteiger partial charge < -0.3 is 9.47 Å². The van der Waals surface area contributed by atoms with Crippen molar-refractivity contribution in [2.24, 2.45) is 0 Å². The second-order valence-corrected chi connectivity index (χ2v) is 6.32. The summed E-state index contributed by atoms with van der Waals surface area (Å²) in [6.07, 6.45) is 7.00. The third-order valence-corrected chi connectivity index (χ3v) is 4.16. The Balaban J connectivity index is 1.55. The summed E-state index contributed by atoms with van der Waals surface area (Å²) in [4.78, 5) is 15.3. The number of esters is 1. The topological polar surface area (TPSA) is 48.4 Å². The normalized spacial score (nSPS) is 12.2. The molecule has 0 aliphatic heterocycles. The summed E-state index contributed by atoms with van der Waals surface area (Å²) < 4.78 is 36.3. The van der Waals surface area contributed by atoms with Gasteiger partial charge in [-0.15, -0.1) is 0 Å². The van der Waals surface area contributed by atoms with E-state index in [4.69, 9.17) is 4.74 Å². The molecular weight excluding hydrogens is 364 g/mol. The lowest BCUT2D eigenvalue weighted by Gasteiger charge is -2.06. The molecular formula is C22H25F2NO3. The molecule has 1 aromatic carbocycles. The van der Waals surface area contributed by atoms with Crippen LogP contribution in [-0.4, -0.2) is 24.7 Å². The van der Waals surface area contributed by atoms with Crippen LogP contribution in [0.5, 0.6) is 5.88 Å². The molecule has 0 amide bonds. The highest BCUT2D eigenvalue weighted by atomic mass is 19.1. The second-order valence-electron chi connectivity index (χ2n) is 6.32. The van der Waals surface area contributed by atoms with E-state index in [1.54, 1.807) is 0 Å². The van der Waals surface area contributed by atoms with Crippen molar-refractivity contribution in [2.45, 2.75) is 38.5 Å². The van der Waals surface area contributed by atoms with Crippen molar-refractivity contribution in [3.8, 4) is 5.88 Å². The summed E-state index contributed by atoms with van der Waals surface area (Å²) in [6, 6.07) is 11.8. The average molecular weight is 389 g/mol. The number of halogens is 2. The Morgan fingerprint density at radius 3 is 2.61 bits per heavy atom. The van der Waals surface area contributed by atoms with Crippen LogP contribution in [0, 0.1) is 0 Å². The molecule has 0 N–H and O–H groups in total. The number of fused-ring (bicyclic) bond motifs is 1. The molecule has 0 aliphatic carbocycles. The third kappa shape index (κ3) is 7.47. The number of aromatic nitrogens is 1. The minimum atomic E-state index is -1.24. The van der Waals surface area contributed by atoms with Crippen molar-refractivity contribution in [2.75, 3.05) is 13.7 Å². The Labute approximate surface area is 163 Å². The fraction of sp³-hybridized carbons (Fsp3) is 0.364. The molecule has 1 aromatic heterocycles. The van der Waals surface area contributed by atoms with E-state index in [0.717, 1.165) is 50.1 Å². The Hall–Kier alpha value is -2.76. The van der Waals surface area contributed by atoms with Gasteiger partial charge in [-0.05, 0) is 37.5 Å². The van der Waals surface area contributed by atoms with Crippen molar-refractivity contribution in [3.05, 3.63) is 60.2 Å². The molecule has 0 saturated heterocycles. The van der Waals surface area contributed by atoms with Crippen LogP contribution in [0.2, 0.25) is 0 Å². The van der Waals surface area contributed by atoms with Crippen molar-refractivity contribution in [1.82, 2.24) is 4.98 Å². The molecule has 0 atom stereocenters. The number of pyridine rings is 1. The van der Waals surface area contributed by atoms with E-state index >= 15 is 0 Å². The summed E-state index contributed by atoms with van der Waals surface area (Å²) >= 11 is 0. The number of rotatable bonds is 11. The predicted molar refractivity (Wildman–Crippen MR) is 105 cm³/mol. The summed E-state index contributed by atoms with van der Waals surface area (Å²) in [5.41, 5.74) is 0.918.